The van der Waals surface area contributed by atoms with Crippen molar-refractivity contribution in [3.63, 3.8) is 0 Å². The van der Waals surface area contributed by atoms with E-state index in [0.717, 1.165) is 37.7 Å². The molecule has 1 saturated carbocycles. The highest BCUT2D eigenvalue weighted by Crippen LogP contribution is 2.26. The second-order valence-corrected chi connectivity index (χ2v) is 5.22. The number of nitrogens with zero attached hydrogens (tertiary/aromatic N) is 1. The molecule has 0 aromatic carbocycles. The lowest BCUT2D eigenvalue weighted by Crippen LogP contribution is -2.31. The Morgan fingerprint density at radius 2 is 2.07 bits per heavy atom. The van der Waals surface area contributed by atoms with Crippen LogP contribution in [0.5, 0.6) is 0 Å². The molecule has 14 heavy (non-hydrogen) atoms. The van der Waals surface area contributed by atoms with Gasteiger partial charge in [-0.05, 0) is 18.8 Å². The van der Waals surface area contributed by atoms with Gasteiger partial charge in [-0.25, -0.2) is 0 Å². The average Bonchev–Trinajstić information content (AvgIpc) is 2.93. The molecule has 0 spiro atoms. The molecule has 0 atom stereocenters. The Labute approximate surface area is 96.1 Å². The van der Waals surface area contributed by atoms with Crippen molar-refractivity contribution in [1.29, 1.82) is 0 Å². The minimum absolute atomic E-state index is 0.653. The number of hydrogen-bond acceptors (Lipinski definition) is 2. The van der Waals surface area contributed by atoms with Gasteiger partial charge in [0.05, 0.1) is 6.61 Å². The van der Waals surface area contributed by atoms with Gasteiger partial charge in [0.25, 0.3) is 0 Å². The molecule has 1 aliphatic carbocycles. The average molecular weight is 264 g/mol. The van der Waals surface area contributed by atoms with Crippen molar-refractivity contribution >= 4 is 15.9 Å². The molecule has 0 radical (unpaired) electrons. The summed E-state index contributed by atoms with van der Waals surface area (Å²) in [7, 11) is 0. The van der Waals surface area contributed by atoms with E-state index in [4.69, 9.17) is 4.74 Å². The minimum atomic E-state index is 0.653. The molecule has 0 unspecified atom stereocenters. The summed E-state index contributed by atoms with van der Waals surface area (Å²) in [5.74, 6) is 0.653. The maximum absolute atomic E-state index is 5.59. The third-order valence-corrected chi connectivity index (χ3v) is 2.76. The molecule has 0 aliphatic heterocycles. The van der Waals surface area contributed by atoms with Crippen molar-refractivity contribution in [3.05, 3.63) is 0 Å². The predicted molar refractivity (Wildman–Crippen MR) is 64.0 cm³/mol. The molecule has 0 aromatic rings. The zero-order valence-electron chi connectivity index (χ0n) is 9.34. The third-order valence-electron chi connectivity index (χ3n) is 2.41. The Balaban J connectivity index is 2.01. The second kappa shape index (κ2) is 6.81. The number of ether oxygens (including phenoxy) is 1. The summed E-state index contributed by atoms with van der Waals surface area (Å²) < 4.78 is 5.59. The lowest BCUT2D eigenvalue weighted by Gasteiger charge is -2.20. The lowest BCUT2D eigenvalue weighted by atomic mass is 10.2. The lowest BCUT2D eigenvalue weighted by molar-refractivity contribution is 0.0851. The zero-order valence-corrected chi connectivity index (χ0v) is 10.9. The SMILES string of the molecule is CC(C)COCCN(CCBr)C1CC1. The number of halogens is 1. The topological polar surface area (TPSA) is 12.5 Å². The largest absolute Gasteiger partial charge is 0.380 e. The quantitative estimate of drug-likeness (QED) is 0.493. The standard InChI is InChI=1S/C11H22BrNO/c1-10(2)9-14-8-7-13(6-5-12)11-3-4-11/h10-11H,3-9H2,1-2H3. The summed E-state index contributed by atoms with van der Waals surface area (Å²) in [4.78, 5) is 2.54. The summed E-state index contributed by atoms with van der Waals surface area (Å²) >= 11 is 3.50. The Kier molecular flexibility index (Phi) is 6.06. The summed E-state index contributed by atoms with van der Waals surface area (Å²) in [5, 5.41) is 1.08. The van der Waals surface area contributed by atoms with Crippen molar-refractivity contribution in [3.8, 4) is 0 Å². The molecule has 2 nitrogen and oxygen atoms in total. The molecule has 0 saturated heterocycles. The number of hydrogen-bond donors (Lipinski definition) is 0. The van der Waals surface area contributed by atoms with Gasteiger partial charge < -0.3 is 4.74 Å². The fourth-order valence-electron chi connectivity index (χ4n) is 1.53. The first kappa shape index (κ1) is 12.5. The Hall–Kier alpha value is 0.400. The van der Waals surface area contributed by atoms with E-state index in [1.165, 1.54) is 12.8 Å². The number of alkyl halides is 1. The molecule has 0 bridgehead atoms. The maximum atomic E-state index is 5.59. The molecule has 3 heteroatoms. The molecule has 84 valence electrons. The zero-order chi connectivity index (χ0) is 10.4. The van der Waals surface area contributed by atoms with E-state index >= 15 is 0 Å². The van der Waals surface area contributed by atoms with Gasteiger partial charge in [-0.3, -0.25) is 4.90 Å². The van der Waals surface area contributed by atoms with Crippen LogP contribution in [0.3, 0.4) is 0 Å². The summed E-state index contributed by atoms with van der Waals surface area (Å²) in [6, 6.07) is 0.857. The normalized spacial score (nSPS) is 16.9. The fourth-order valence-corrected chi connectivity index (χ4v) is 1.98. The molecule has 0 heterocycles. The van der Waals surface area contributed by atoms with E-state index in [1.807, 2.05) is 0 Å². The molecule has 1 fully saturated rings. The summed E-state index contributed by atoms with van der Waals surface area (Å²) in [6.45, 7) is 8.43. The van der Waals surface area contributed by atoms with Crippen LogP contribution in [0.15, 0.2) is 0 Å². The van der Waals surface area contributed by atoms with Gasteiger partial charge in [-0.2, -0.15) is 0 Å². The van der Waals surface area contributed by atoms with Crippen molar-refractivity contribution in [2.45, 2.75) is 32.7 Å². The highest BCUT2D eigenvalue weighted by atomic mass is 79.9. The number of rotatable bonds is 8. The van der Waals surface area contributed by atoms with Gasteiger partial charge in [0, 0.05) is 31.1 Å². The Morgan fingerprint density at radius 1 is 1.36 bits per heavy atom. The van der Waals surface area contributed by atoms with Crippen LogP contribution >= 0.6 is 15.9 Å². The molecule has 1 rings (SSSR count). The highest BCUT2D eigenvalue weighted by Gasteiger charge is 2.27. The first-order valence-electron chi connectivity index (χ1n) is 5.61. The third kappa shape index (κ3) is 5.32. The Bertz CT molecular complexity index is 148. The van der Waals surface area contributed by atoms with E-state index in [2.05, 4.69) is 34.7 Å². The molecule has 0 N–H and O–H groups in total. The summed E-state index contributed by atoms with van der Waals surface area (Å²) in [6.07, 6.45) is 2.77. The molecule has 0 aromatic heterocycles. The van der Waals surface area contributed by atoms with Crippen LogP contribution < -0.4 is 0 Å². The van der Waals surface area contributed by atoms with Gasteiger partial charge in [-0.15, -0.1) is 0 Å². The van der Waals surface area contributed by atoms with Gasteiger partial charge in [0.15, 0.2) is 0 Å². The predicted octanol–water partition coefficient (Wildman–Crippen LogP) is 2.52. The van der Waals surface area contributed by atoms with Crippen LogP contribution in [0.1, 0.15) is 26.7 Å². The van der Waals surface area contributed by atoms with Gasteiger partial charge in [-0.1, -0.05) is 29.8 Å². The first-order chi connectivity index (χ1) is 6.74. The van der Waals surface area contributed by atoms with Crippen LogP contribution in [-0.4, -0.2) is 42.6 Å². The van der Waals surface area contributed by atoms with E-state index in [1.54, 1.807) is 0 Å². The Morgan fingerprint density at radius 3 is 2.57 bits per heavy atom. The fraction of sp³-hybridized carbons (Fsp3) is 1.00. The highest BCUT2D eigenvalue weighted by molar-refractivity contribution is 9.09. The van der Waals surface area contributed by atoms with Crippen molar-refractivity contribution in [1.82, 2.24) is 4.90 Å². The molecule has 0 amide bonds. The first-order valence-corrected chi connectivity index (χ1v) is 6.74. The van der Waals surface area contributed by atoms with Gasteiger partial charge in [0.1, 0.15) is 0 Å². The maximum Gasteiger partial charge on any atom is 0.0593 e. The molecular formula is C11H22BrNO. The van der Waals surface area contributed by atoms with Crippen LogP contribution in [0.2, 0.25) is 0 Å². The molecular weight excluding hydrogens is 242 g/mol. The van der Waals surface area contributed by atoms with Crippen LogP contribution in [0, 0.1) is 5.92 Å². The smallest absolute Gasteiger partial charge is 0.0593 e. The van der Waals surface area contributed by atoms with Crippen molar-refractivity contribution in [2.75, 3.05) is 31.6 Å². The van der Waals surface area contributed by atoms with Crippen molar-refractivity contribution in [2.24, 2.45) is 5.92 Å². The van der Waals surface area contributed by atoms with E-state index in [-0.39, 0.29) is 0 Å². The van der Waals surface area contributed by atoms with Crippen molar-refractivity contribution < 1.29 is 4.74 Å². The van der Waals surface area contributed by atoms with Gasteiger partial charge >= 0.3 is 0 Å². The minimum Gasteiger partial charge on any atom is -0.380 e. The molecule has 1 aliphatic rings. The van der Waals surface area contributed by atoms with E-state index < -0.39 is 0 Å². The van der Waals surface area contributed by atoms with Gasteiger partial charge in [0.2, 0.25) is 0 Å². The van der Waals surface area contributed by atoms with Crippen LogP contribution in [0.25, 0.3) is 0 Å². The van der Waals surface area contributed by atoms with E-state index in [9.17, 15) is 0 Å². The second-order valence-electron chi connectivity index (χ2n) is 4.42. The van der Waals surface area contributed by atoms with E-state index in [0.29, 0.717) is 5.92 Å². The van der Waals surface area contributed by atoms with Crippen LogP contribution in [0.4, 0.5) is 0 Å². The summed E-state index contributed by atoms with van der Waals surface area (Å²) in [5.41, 5.74) is 0. The monoisotopic (exact) mass is 263 g/mol. The van der Waals surface area contributed by atoms with Crippen LogP contribution in [-0.2, 0) is 4.74 Å².